The van der Waals surface area contributed by atoms with Crippen LogP contribution in [0, 0.1) is 11.8 Å². The molecule has 1 atom stereocenters. The first kappa shape index (κ1) is 5.81. The molecule has 0 radical (unpaired) electrons. The van der Waals surface area contributed by atoms with Gasteiger partial charge < -0.3 is 0 Å². The van der Waals surface area contributed by atoms with Gasteiger partial charge in [-0.15, -0.1) is 0 Å². The number of hydrogen-bond donors (Lipinski definition) is 0. The van der Waals surface area contributed by atoms with Crippen LogP contribution >= 0.6 is 0 Å². The van der Waals surface area contributed by atoms with E-state index in [0.717, 1.165) is 5.92 Å². The van der Waals surface area contributed by atoms with Crippen molar-refractivity contribution in [2.75, 3.05) is 0 Å². The number of fused-ring (bicyclic) bond motifs is 1. The summed E-state index contributed by atoms with van der Waals surface area (Å²) >= 11 is 0. The van der Waals surface area contributed by atoms with Crippen molar-refractivity contribution in [1.82, 2.24) is 0 Å². The van der Waals surface area contributed by atoms with E-state index in [1.165, 1.54) is 12.8 Å². The van der Waals surface area contributed by atoms with Gasteiger partial charge in [0.1, 0.15) is 0 Å². The third-order valence-corrected chi connectivity index (χ3v) is 2.46. The van der Waals surface area contributed by atoms with Crippen LogP contribution in [0.4, 0.5) is 0 Å². The number of allylic oxidation sites excluding steroid dienone is 1. The lowest BCUT2D eigenvalue weighted by molar-refractivity contribution is 0.201. The molecule has 3 heteroatoms. The molecule has 2 bridgehead atoms. The summed E-state index contributed by atoms with van der Waals surface area (Å²) in [5.74, 6) is 1.46. The van der Waals surface area contributed by atoms with Crippen LogP contribution < -0.4 is 0 Å². The fraction of sp³-hybridized carbons (Fsp3) is 0.714. The average molecular weight is 135 g/mol. The molecule has 0 saturated heterocycles. The third-order valence-electron chi connectivity index (χ3n) is 2.46. The van der Waals surface area contributed by atoms with Gasteiger partial charge in [-0.05, 0) is 30.2 Å². The number of azide groups is 1. The quantitative estimate of drug-likeness (QED) is 0.229. The van der Waals surface area contributed by atoms with Crippen LogP contribution in [0.25, 0.3) is 10.4 Å². The minimum absolute atomic E-state index is 0.162. The highest BCUT2D eigenvalue weighted by molar-refractivity contribution is 5.12. The van der Waals surface area contributed by atoms with Crippen molar-refractivity contribution >= 4 is 0 Å². The predicted molar refractivity (Wildman–Crippen MR) is 38.3 cm³/mol. The van der Waals surface area contributed by atoms with Crippen molar-refractivity contribution in [2.45, 2.75) is 18.9 Å². The normalized spacial score (nSPS) is 41.8. The van der Waals surface area contributed by atoms with E-state index < -0.39 is 0 Å². The highest BCUT2D eigenvalue weighted by Gasteiger charge is 2.35. The summed E-state index contributed by atoms with van der Waals surface area (Å²) in [6.07, 6.45) is 6.70. The highest BCUT2D eigenvalue weighted by Crippen LogP contribution is 2.42. The average Bonchev–Trinajstić information content (AvgIpc) is 1.87. The molecule has 3 nitrogen and oxygen atoms in total. The van der Waals surface area contributed by atoms with Gasteiger partial charge in [-0.1, -0.05) is 17.3 Å². The van der Waals surface area contributed by atoms with Gasteiger partial charge in [-0.3, -0.25) is 0 Å². The highest BCUT2D eigenvalue weighted by atomic mass is 15.1. The summed E-state index contributed by atoms with van der Waals surface area (Å²) in [4.78, 5) is 2.81. The topological polar surface area (TPSA) is 48.8 Å². The smallest absolute Gasteiger partial charge is 0.0583 e. The predicted octanol–water partition coefficient (Wildman–Crippen LogP) is 2.26. The molecule has 1 unspecified atom stereocenters. The van der Waals surface area contributed by atoms with Crippen LogP contribution in [0.1, 0.15) is 12.8 Å². The molecule has 3 rings (SSSR count). The summed E-state index contributed by atoms with van der Waals surface area (Å²) < 4.78 is 0. The van der Waals surface area contributed by atoms with Crippen molar-refractivity contribution in [3.05, 3.63) is 22.6 Å². The first-order chi connectivity index (χ1) is 4.90. The first-order valence-electron chi connectivity index (χ1n) is 3.62. The largest absolute Gasteiger partial charge is 0.0863 e. The Morgan fingerprint density at radius 3 is 2.70 bits per heavy atom. The molecule has 0 heterocycles. The third kappa shape index (κ3) is 0.711. The van der Waals surface area contributed by atoms with Crippen molar-refractivity contribution in [3.63, 3.8) is 0 Å². The van der Waals surface area contributed by atoms with Crippen molar-refractivity contribution in [3.8, 4) is 0 Å². The zero-order chi connectivity index (χ0) is 6.97. The van der Waals surface area contributed by atoms with E-state index in [2.05, 4.69) is 16.1 Å². The molecule has 0 aliphatic heterocycles. The zero-order valence-corrected chi connectivity index (χ0v) is 5.64. The summed E-state index contributed by atoms with van der Waals surface area (Å²) in [6, 6.07) is 0.162. The molecule has 3 aliphatic carbocycles. The molecular weight excluding hydrogens is 126 g/mol. The fourth-order valence-electron chi connectivity index (χ4n) is 1.77. The summed E-state index contributed by atoms with van der Waals surface area (Å²) in [6.45, 7) is 0. The second-order valence-electron chi connectivity index (χ2n) is 3.07. The van der Waals surface area contributed by atoms with Gasteiger partial charge in [-0.2, -0.15) is 0 Å². The maximum atomic E-state index is 8.18. The Morgan fingerprint density at radius 1 is 1.40 bits per heavy atom. The minimum Gasteiger partial charge on any atom is -0.0863 e. The molecule has 1 saturated carbocycles. The van der Waals surface area contributed by atoms with Gasteiger partial charge in [0.25, 0.3) is 0 Å². The van der Waals surface area contributed by atoms with Gasteiger partial charge in [0.15, 0.2) is 0 Å². The van der Waals surface area contributed by atoms with Crippen LogP contribution in [0.2, 0.25) is 0 Å². The molecular formula is C7H9N3. The molecule has 10 heavy (non-hydrogen) atoms. The lowest BCUT2D eigenvalue weighted by Crippen LogP contribution is -2.34. The number of rotatable bonds is 1. The van der Waals surface area contributed by atoms with Crippen LogP contribution in [-0.2, 0) is 0 Å². The van der Waals surface area contributed by atoms with Gasteiger partial charge in [-0.25, -0.2) is 0 Å². The van der Waals surface area contributed by atoms with Gasteiger partial charge >= 0.3 is 0 Å². The van der Waals surface area contributed by atoms with E-state index in [9.17, 15) is 0 Å². The molecule has 0 aromatic heterocycles. The van der Waals surface area contributed by atoms with Crippen LogP contribution in [0.3, 0.4) is 0 Å². The van der Waals surface area contributed by atoms with Crippen molar-refractivity contribution in [1.29, 1.82) is 0 Å². The second kappa shape index (κ2) is 2.03. The molecule has 3 aliphatic rings. The second-order valence-corrected chi connectivity index (χ2v) is 3.07. The van der Waals surface area contributed by atoms with Gasteiger partial charge in [0.2, 0.25) is 0 Å². The molecule has 0 spiro atoms. The first-order valence-corrected chi connectivity index (χ1v) is 3.62. The van der Waals surface area contributed by atoms with E-state index in [1.807, 2.05) is 6.08 Å². The van der Waals surface area contributed by atoms with Crippen LogP contribution in [-0.4, -0.2) is 6.04 Å². The summed E-state index contributed by atoms with van der Waals surface area (Å²) in [7, 11) is 0. The Morgan fingerprint density at radius 2 is 2.20 bits per heavy atom. The minimum atomic E-state index is 0.162. The number of hydrogen-bond acceptors (Lipinski definition) is 1. The number of nitrogens with zero attached hydrogens (tertiary/aromatic N) is 3. The standard InChI is InChI=1S/C7H9N3/c8-10-9-7-2-1-5-3-6(7)4-5/h1-2,5-7H,3-4H2. The Labute approximate surface area is 59.4 Å². The van der Waals surface area contributed by atoms with Crippen LogP contribution in [0.5, 0.6) is 0 Å². The fourth-order valence-corrected chi connectivity index (χ4v) is 1.77. The van der Waals surface area contributed by atoms with Crippen LogP contribution in [0.15, 0.2) is 17.3 Å². The van der Waals surface area contributed by atoms with Crippen molar-refractivity contribution in [2.24, 2.45) is 17.0 Å². The molecule has 0 amide bonds. The molecule has 0 N–H and O–H groups in total. The Kier molecular flexibility index (Phi) is 1.18. The molecule has 0 aromatic carbocycles. The van der Waals surface area contributed by atoms with Gasteiger partial charge in [0.05, 0.1) is 6.04 Å². The van der Waals surface area contributed by atoms with E-state index in [4.69, 9.17) is 5.53 Å². The zero-order valence-electron chi connectivity index (χ0n) is 5.64. The Hall–Kier alpha value is -0.950. The van der Waals surface area contributed by atoms with E-state index >= 15 is 0 Å². The lowest BCUT2D eigenvalue weighted by atomic mass is 9.67. The molecule has 0 aromatic rings. The van der Waals surface area contributed by atoms with E-state index in [-0.39, 0.29) is 6.04 Å². The summed E-state index contributed by atoms with van der Waals surface area (Å²) in [5, 5.41) is 3.70. The molecule has 1 fully saturated rings. The SMILES string of the molecule is [N-]=[N+]=NC1C=CC2CC1C2. The lowest BCUT2D eigenvalue weighted by Gasteiger charge is -2.40. The van der Waals surface area contributed by atoms with E-state index in [1.54, 1.807) is 0 Å². The Bertz CT molecular complexity index is 209. The van der Waals surface area contributed by atoms with Crippen molar-refractivity contribution < 1.29 is 0 Å². The Balaban J connectivity index is 2.16. The maximum Gasteiger partial charge on any atom is 0.0583 e. The van der Waals surface area contributed by atoms with Gasteiger partial charge in [0, 0.05) is 4.91 Å². The summed E-state index contributed by atoms with van der Waals surface area (Å²) in [5.41, 5.74) is 8.18. The van der Waals surface area contributed by atoms with E-state index in [0.29, 0.717) is 5.92 Å². The maximum absolute atomic E-state index is 8.18. The molecule has 52 valence electrons. The monoisotopic (exact) mass is 135 g/mol.